The van der Waals surface area contributed by atoms with Crippen LogP contribution in [0.3, 0.4) is 0 Å². The molecule has 0 unspecified atom stereocenters. The van der Waals surface area contributed by atoms with Gasteiger partial charge in [-0.1, -0.05) is 0 Å². The first kappa shape index (κ1) is 22.1. The molecule has 1 aromatic rings. The van der Waals surface area contributed by atoms with Gasteiger partial charge in [-0.3, -0.25) is 9.48 Å². The lowest BCUT2D eigenvalue weighted by Crippen LogP contribution is -2.50. The number of carbonyl (C=O) groups is 1. The maximum atomic E-state index is 13.6. The van der Waals surface area contributed by atoms with Crippen molar-refractivity contribution < 1.29 is 4.79 Å². The van der Waals surface area contributed by atoms with Crippen LogP contribution < -0.4 is 5.32 Å². The Morgan fingerprint density at radius 1 is 1.03 bits per heavy atom. The fourth-order valence-electron chi connectivity index (χ4n) is 8.37. The first-order chi connectivity index (χ1) is 16.1. The molecule has 6 heteroatoms. The Morgan fingerprint density at radius 2 is 1.79 bits per heavy atom. The van der Waals surface area contributed by atoms with E-state index in [1.165, 1.54) is 56.3 Å². The Bertz CT molecular complexity index is 850. The molecule has 182 valence electrons. The molecule has 0 aromatic carbocycles. The van der Waals surface area contributed by atoms with Gasteiger partial charge in [-0.05, 0) is 114 Å². The van der Waals surface area contributed by atoms with Gasteiger partial charge in [0.15, 0.2) is 5.69 Å². The molecule has 6 aliphatic rings. The number of carbonyl (C=O) groups excluding carboxylic acids is 1. The topological polar surface area (TPSA) is 53.4 Å². The summed E-state index contributed by atoms with van der Waals surface area (Å²) in [7, 11) is 2.15. The molecule has 2 heterocycles. The van der Waals surface area contributed by atoms with Crippen LogP contribution in [-0.4, -0.2) is 71.3 Å². The number of aryl methyl sites for hydroxylation is 1. The molecule has 0 spiro atoms. The molecule has 0 radical (unpaired) electrons. The summed E-state index contributed by atoms with van der Waals surface area (Å²) >= 11 is 0. The minimum Gasteiger partial charge on any atom is -0.336 e. The van der Waals surface area contributed by atoms with Gasteiger partial charge < -0.3 is 15.1 Å². The summed E-state index contributed by atoms with van der Waals surface area (Å²) in [5.41, 5.74) is 3.31. The standard InChI is InChI=1S/C27H43N5O/c1-3-32-25-6-5-22(28-17-24-20-12-18-11-19(14-20)15-21(24)13-18)16-23(25)26(29-32)27(33)31-8-4-7-30(2)9-10-31/h18-22,24,28H,3-17H2,1-2H3/t18?,19?,20?,21?,22-,24?/m0/s1. The number of fused-ring (bicyclic) bond motifs is 1. The van der Waals surface area contributed by atoms with Gasteiger partial charge in [-0.2, -0.15) is 5.10 Å². The van der Waals surface area contributed by atoms with Gasteiger partial charge in [-0.25, -0.2) is 0 Å². The van der Waals surface area contributed by atoms with Crippen molar-refractivity contribution in [2.24, 2.45) is 29.6 Å². The molecule has 6 nitrogen and oxygen atoms in total. The maximum Gasteiger partial charge on any atom is 0.274 e. The molecule has 5 aliphatic carbocycles. The van der Waals surface area contributed by atoms with Crippen molar-refractivity contribution in [3.8, 4) is 0 Å². The smallest absolute Gasteiger partial charge is 0.274 e. The van der Waals surface area contributed by atoms with E-state index in [-0.39, 0.29) is 5.91 Å². The van der Waals surface area contributed by atoms with Crippen LogP contribution in [-0.2, 0) is 19.4 Å². The molecule has 1 N–H and O–H groups in total. The second kappa shape index (κ2) is 8.99. The van der Waals surface area contributed by atoms with Crippen molar-refractivity contribution >= 4 is 5.91 Å². The monoisotopic (exact) mass is 453 g/mol. The van der Waals surface area contributed by atoms with E-state index < -0.39 is 0 Å². The van der Waals surface area contributed by atoms with Crippen LogP contribution in [0, 0.1) is 29.6 Å². The minimum atomic E-state index is 0.162. The van der Waals surface area contributed by atoms with E-state index in [4.69, 9.17) is 5.10 Å². The van der Waals surface area contributed by atoms with Crippen LogP contribution in [0.4, 0.5) is 0 Å². The molecule has 7 rings (SSSR count). The summed E-state index contributed by atoms with van der Waals surface area (Å²) in [6, 6.07) is 0.492. The van der Waals surface area contributed by atoms with Crippen molar-refractivity contribution in [3.05, 3.63) is 17.0 Å². The zero-order valence-electron chi connectivity index (χ0n) is 20.8. The highest BCUT2D eigenvalue weighted by molar-refractivity contribution is 5.94. The average Bonchev–Trinajstić information content (AvgIpc) is 3.03. The van der Waals surface area contributed by atoms with E-state index in [1.807, 2.05) is 0 Å². The number of rotatable bonds is 5. The number of hydrogen-bond donors (Lipinski definition) is 1. The minimum absolute atomic E-state index is 0.162. The second-order valence-electron chi connectivity index (χ2n) is 12.0. The largest absolute Gasteiger partial charge is 0.336 e. The molecule has 1 aliphatic heterocycles. The van der Waals surface area contributed by atoms with Crippen LogP contribution in [0.15, 0.2) is 0 Å². The zero-order valence-corrected chi connectivity index (χ0v) is 20.8. The van der Waals surface area contributed by atoms with Crippen molar-refractivity contribution in [2.45, 2.75) is 77.3 Å². The van der Waals surface area contributed by atoms with Gasteiger partial charge in [0.1, 0.15) is 0 Å². The van der Waals surface area contributed by atoms with Gasteiger partial charge in [0.2, 0.25) is 0 Å². The number of hydrogen-bond acceptors (Lipinski definition) is 4. The third kappa shape index (κ3) is 4.16. The highest BCUT2D eigenvalue weighted by Crippen LogP contribution is 2.56. The number of aromatic nitrogens is 2. The molecule has 4 saturated carbocycles. The van der Waals surface area contributed by atoms with E-state index in [0.29, 0.717) is 6.04 Å². The molecule has 1 saturated heterocycles. The third-order valence-corrected chi connectivity index (χ3v) is 9.92. The van der Waals surface area contributed by atoms with Crippen molar-refractivity contribution in [1.82, 2.24) is 24.9 Å². The summed E-state index contributed by atoms with van der Waals surface area (Å²) < 4.78 is 2.11. The van der Waals surface area contributed by atoms with Gasteiger partial charge in [0.05, 0.1) is 0 Å². The number of nitrogens with zero attached hydrogens (tertiary/aromatic N) is 4. The Labute approximate surface area is 199 Å². The van der Waals surface area contributed by atoms with Gasteiger partial charge in [0.25, 0.3) is 5.91 Å². The van der Waals surface area contributed by atoms with Gasteiger partial charge in [-0.15, -0.1) is 0 Å². The zero-order chi connectivity index (χ0) is 22.5. The Hall–Kier alpha value is -1.40. The number of likely N-dealkylation sites (N-methyl/N-ethyl adjacent to an activating group) is 1. The van der Waals surface area contributed by atoms with E-state index >= 15 is 0 Å². The highest BCUT2D eigenvalue weighted by Gasteiger charge is 2.48. The normalized spacial score (nSPS) is 36.1. The van der Waals surface area contributed by atoms with Crippen LogP contribution in [0.25, 0.3) is 0 Å². The van der Waals surface area contributed by atoms with E-state index in [2.05, 4.69) is 33.8 Å². The lowest BCUT2D eigenvalue weighted by Gasteiger charge is -2.54. The summed E-state index contributed by atoms with van der Waals surface area (Å²) in [4.78, 5) is 17.9. The predicted octanol–water partition coefficient (Wildman–Crippen LogP) is 3.20. The first-order valence-corrected chi connectivity index (χ1v) is 13.9. The van der Waals surface area contributed by atoms with E-state index in [1.54, 1.807) is 0 Å². The Kier molecular flexibility index (Phi) is 6.02. The summed E-state index contributed by atoms with van der Waals surface area (Å²) in [6.07, 6.45) is 11.8. The molecular weight excluding hydrogens is 410 g/mol. The van der Waals surface area contributed by atoms with Crippen LogP contribution in [0.5, 0.6) is 0 Å². The Balaban J connectivity index is 1.14. The molecule has 5 fully saturated rings. The predicted molar refractivity (Wildman–Crippen MR) is 130 cm³/mol. The molecule has 1 atom stereocenters. The highest BCUT2D eigenvalue weighted by atomic mass is 16.2. The fraction of sp³-hybridized carbons (Fsp3) is 0.852. The lowest BCUT2D eigenvalue weighted by atomic mass is 9.52. The van der Waals surface area contributed by atoms with Gasteiger partial charge in [0, 0.05) is 43.5 Å². The maximum absolute atomic E-state index is 13.6. The molecule has 33 heavy (non-hydrogen) atoms. The number of nitrogens with one attached hydrogen (secondary N) is 1. The Morgan fingerprint density at radius 3 is 2.52 bits per heavy atom. The molecule has 1 aromatic heterocycles. The fourth-order valence-corrected chi connectivity index (χ4v) is 8.37. The number of amides is 1. The molecular formula is C27H43N5O. The van der Waals surface area contributed by atoms with Crippen molar-refractivity contribution in [2.75, 3.05) is 39.8 Å². The van der Waals surface area contributed by atoms with E-state index in [9.17, 15) is 4.79 Å². The van der Waals surface area contributed by atoms with Crippen LogP contribution in [0.1, 0.15) is 73.6 Å². The summed E-state index contributed by atoms with van der Waals surface area (Å²) in [5.74, 6) is 5.12. The van der Waals surface area contributed by atoms with E-state index in [0.717, 1.165) is 87.3 Å². The molecule has 1 amide bonds. The summed E-state index contributed by atoms with van der Waals surface area (Å²) in [5, 5.41) is 8.87. The molecule has 4 bridgehead atoms. The second-order valence-corrected chi connectivity index (χ2v) is 12.0. The SMILES string of the molecule is CCn1nc(C(=O)N2CCCN(C)CC2)c2c1CC[C@H](NCC1C3CC4CC(C3)CC1C4)C2. The van der Waals surface area contributed by atoms with Crippen LogP contribution in [0.2, 0.25) is 0 Å². The quantitative estimate of drug-likeness (QED) is 0.744. The lowest BCUT2D eigenvalue weighted by molar-refractivity contribution is -0.0364. The van der Waals surface area contributed by atoms with Crippen molar-refractivity contribution in [1.29, 1.82) is 0 Å². The third-order valence-electron chi connectivity index (χ3n) is 9.92. The average molecular weight is 454 g/mol. The van der Waals surface area contributed by atoms with Gasteiger partial charge >= 0.3 is 0 Å². The van der Waals surface area contributed by atoms with Crippen molar-refractivity contribution in [3.63, 3.8) is 0 Å². The van der Waals surface area contributed by atoms with Crippen LogP contribution >= 0.6 is 0 Å². The first-order valence-electron chi connectivity index (χ1n) is 13.9. The summed E-state index contributed by atoms with van der Waals surface area (Å²) in [6.45, 7) is 7.89.